The van der Waals surface area contributed by atoms with E-state index in [1.807, 2.05) is 0 Å². The Morgan fingerprint density at radius 2 is 2.11 bits per heavy atom. The summed E-state index contributed by atoms with van der Waals surface area (Å²) in [6.45, 7) is 2.18. The van der Waals surface area contributed by atoms with E-state index in [0.717, 1.165) is 0 Å². The van der Waals surface area contributed by atoms with Crippen LogP contribution in [0.2, 0.25) is 0 Å². The summed E-state index contributed by atoms with van der Waals surface area (Å²) in [6, 6.07) is 1.40. The number of rotatable bonds is 4. The number of sulfonamides is 1. The Kier molecular flexibility index (Phi) is 4.29. The molecule has 2 rings (SSSR count). The number of piperidine rings is 1. The molecule has 108 valence electrons. The summed E-state index contributed by atoms with van der Waals surface area (Å²) in [6.07, 6.45) is 1.52. The predicted molar refractivity (Wildman–Crippen MR) is 68.2 cm³/mol. The highest BCUT2D eigenvalue weighted by atomic mass is 32.2. The molecule has 0 aliphatic carbocycles. The van der Waals surface area contributed by atoms with E-state index in [1.54, 1.807) is 14.0 Å². The van der Waals surface area contributed by atoms with Crippen LogP contribution in [0.25, 0.3) is 0 Å². The standard InChI is InChI=1S/C12H19NO5S/c1-9-12(7-11(8-14)18-9)19(15,16)13-5-3-10(17-2)4-6-13/h7,10,14H,3-6,8H2,1-2H3. The van der Waals surface area contributed by atoms with Crippen molar-refractivity contribution in [2.75, 3.05) is 20.2 Å². The maximum atomic E-state index is 12.5. The highest BCUT2D eigenvalue weighted by molar-refractivity contribution is 7.89. The molecule has 19 heavy (non-hydrogen) atoms. The van der Waals surface area contributed by atoms with Crippen molar-refractivity contribution in [2.24, 2.45) is 0 Å². The van der Waals surface area contributed by atoms with Crippen molar-refractivity contribution in [2.45, 2.75) is 37.4 Å². The molecule has 0 unspecified atom stereocenters. The average molecular weight is 289 g/mol. The predicted octanol–water partition coefficient (Wildman–Crippen LogP) is 0.880. The number of methoxy groups -OCH3 is 1. The van der Waals surface area contributed by atoms with Gasteiger partial charge in [0.2, 0.25) is 10.0 Å². The molecule has 0 spiro atoms. The third-order valence-corrected chi connectivity index (χ3v) is 5.44. The summed E-state index contributed by atoms with van der Waals surface area (Å²) in [4.78, 5) is 0.146. The molecule has 1 fully saturated rings. The normalized spacial score (nSPS) is 18.9. The van der Waals surface area contributed by atoms with Gasteiger partial charge in [0, 0.05) is 26.3 Å². The van der Waals surface area contributed by atoms with Crippen LogP contribution in [-0.2, 0) is 21.4 Å². The van der Waals surface area contributed by atoms with Gasteiger partial charge in [-0.1, -0.05) is 0 Å². The van der Waals surface area contributed by atoms with Crippen LogP contribution >= 0.6 is 0 Å². The van der Waals surface area contributed by atoms with E-state index in [0.29, 0.717) is 31.7 Å². The van der Waals surface area contributed by atoms with Crippen molar-refractivity contribution in [3.8, 4) is 0 Å². The summed E-state index contributed by atoms with van der Waals surface area (Å²) in [5.41, 5.74) is 0. The molecule has 1 aromatic rings. The van der Waals surface area contributed by atoms with Crippen LogP contribution in [0.15, 0.2) is 15.4 Å². The van der Waals surface area contributed by atoms with Gasteiger partial charge in [-0.05, 0) is 19.8 Å². The maximum absolute atomic E-state index is 12.5. The second-order valence-corrected chi connectivity index (χ2v) is 6.54. The monoisotopic (exact) mass is 289 g/mol. The first-order valence-corrected chi connectivity index (χ1v) is 7.66. The van der Waals surface area contributed by atoms with E-state index in [2.05, 4.69) is 0 Å². The minimum absolute atomic E-state index is 0.130. The number of furan rings is 1. The van der Waals surface area contributed by atoms with Crippen LogP contribution < -0.4 is 0 Å². The van der Waals surface area contributed by atoms with Crippen molar-refractivity contribution >= 4 is 10.0 Å². The molecule has 7 heteroatoms. The number of aliphatic hydroxyl groups is 1. The van der Waals surface area contributed by atoms with Gasteiger partial charge in [-0.25, -0.2) is 8.42 Å². The first kappa shape index (κ1) is 14.5. The summed E-state index contributed by atoms with van der Waals surface area (Å²) >= 11 is 0. The number of ether oxygens (including phenoxy) is 1. The number of hydrogen-bond donors (Lipinski definition) is 1. The van der Waals surface area contributed by atoms with E-state index in [9.17, 15) is 8.42 Å². The Morgan fingerprint density at radius 1 is 1.47 bits per heavy atom. The van der Waals surface area contributed by atoms with Crippen LogP contribution in [0, 0.1) is 6.92 Å². The van der Waals surface area contributed by atoms with Crippen molar-refractivity contribution in [1.29, 1.82) is 0 Å². The zero-order chi connectivity index (χ0) is 14.0. The molecule has 0 atom stereocenters. The van der Waals surface area contributed by atoms with Crippen LogP contribution in [0.3, 0.4) is 0 Å². The van der Waals surface area contributed by atoms with E-state index in [1.165, 1.54) is 10.4 Å². The minimum atomic E-state index is -3.54. The molecule has 1 saturated heterocycles. The van der Waals surface area contributed by atoms with Gasteiger partial charge in [-0.2, -0.15) is 4.31 Å². The van der Waals surface area contributed by atoms with Gasteiger partial charge >= 0.3 is 0 Å². The molecule has 0 radical (unpaired) electrons. The summed E-state index contributed by atoms with van der Waals surface area (Å²) in [5.74, 6) is 0.584. The van der Waals surface area contributed by atoms with Gasteiger partial charge in [0.05, 0.1) is 6.10 Å². The summed E-state index contributed by atoms with van der Waals surface area (Å²) in [7, 11) is -1.90. The largest absolute Gasteiger partial charge is 0.462 e. The lowest BCUT2D eigenvalue weighted by molar-refractivity contribution is 0.0604. The Bertz CT molecular complexity index is 528. The molecule has 1 aliphatic rings. The molecule has 6 nitrogen and oxygen atoms in total. The van der Waals surface area contributed by atoms with E-state index in [-0.39, 0.29) is 23.4 Å². The van der Waals surface area contributed by atoms with Crippen LogP contribution in [0.4, 0.5) is 0 Å². The second kappa shape index (κ2) is 5.62. The van der Waals surface area contributed by atoms with Crippen molar-refractivity contribution in [3.63, 3.8) is 0 Å². The summed E-state index contributed by atoms with van der Waals surface area (Å²) < 4.78 is 36.8. The molecule has 1 N–H and O–H groups in total. The quantitative estimate of drug-likeness (QED) is 0.890. The molecular formula is C12H19NO5S. The van der Waals surface area contributed by atoms with Crippen molar-refractivity contribution in [1.82, 2.24) is 4.31 Å². The summed E-state index contributed by atoms with van der Waals surface area (Å²) in [5, 5.41) is 9.00. The molecular weight excluding hydrogens is 270 g/mol. The van der Waals surface area contributed by atoms with Gasteiger partial charge in [0.25, 0.3) is 0 Å². The Hall–Kier alpha value is -0.890. The van der Waals surface area contributed by atoms with Crippen LogP contribution in [0.5, 0.6) is 0 Å². The average Bonchev–Trinajstić information content (AvgIpc) is 2.81. The van der Waals surface area contributed by atoms with Gasteiger partial charge in [-0.3, -0.25) is 0 Å². The molecule has 0 saturated carbocycles. The molecule has 2 heterocycles. The van der Waals surface area contributed by atoms with E-state index < -0.39 is 10.0 Å². The van der Waals surface area contributed by atoms with Crippen molar-refractivity contribution in [3.05, 3.63) is 17.6 Å². The molecule has 1 aliphatic heterocycles. The Labute approximate surface area is 113 Å². The van der Waals surface area contributed by atoms with Gasteiger partial charge in [0.1, 0.15) is 23.0 Å². The zero-order valence-corrected chi connectivity index (χ0v) is 11.9. The fraction of sp³-hybridized carbons (Fsp3) is 0.667. The first-order chi connectivity index (χ1) is 8.98. The van der Waals surface area contributed by atoms with E-state index >= 15 is 0 Å². The molecule has 0 bridgehead atoms. The van der Waals surface area contributed by atoms with Gasteiger partial charge < -0.3 is 14.3 Å². The first-order valence-electron chi connectivity index (χ1n) is 6.22. The number of hydrogen-bond acceptors (Lipinski definition) is 5. The lowest BCUT2D eigenvalue weighted by atomic mass is 10.1. The Balaban J connectivity index is 2.20. The molecule has 0 amide bonds. The lowest BCUT2D eigenvalue weighted by Gasteiger charge is -2.30. The minimum Gasteiger partial charge on any atom is -0.462 e. The highest BCUT2D eigenvalue weighted by Gasteiger charge is 2.32. The Morgan fingerprint density at radius 3 is 2.58 bits per heavy atom. The third kappa shape index (κ3) is 2.84. The third-order valence-electron chi connectivity index (χ3n) is 3.43. The smallest absolute Gasteiger partial charge is 0.246 e. The van der Waals surface area contributed by atoms with Gasteiger partial charge in [0.15, 0.2) is 0 Å². The SMILES string of the molecule is COC1CCN(S(=O)(=O)c2cc(CO)oc2C)CC1. The fourth-order valence-corrected chi connectivity index (χ4v) is 3.96. The highest BCUT2D eigenvalue weighted by Crippen LogP contribution is 2.26. The maximum Gasteiger partial charge on any atom is 0.246 e. The number of aryl methyl sites for hydroxylation is 1. The second-order valence-electron chi connectivity index (χ2n) is 4.63. The number of nitrogens with zero attached hydrogens (tertiary/aromatic N) is 1. The lowest BCUT2D eigenvalue weighted by Crippen LogP contribution is -2.40. The molecule has 0 aromatic carbocycles. The topological polar surface area (TPSA) is 80.0 Å². The fourth-order valence-electron chi connectivity index (χ4n) is 2.31. The van der Waals surface area contributed by atoms with Crippen LogP contribution in [-0.4, -0.2) is 44.1 Å². The van der Waals surface area contributed by atoms with Crippen LogP contribution in [0.1, 0.15) is 24.4 Å². The molecule has 1 aromatic heterocycles. The van der Waals surface area contributed by atoms with E-state index in [4.69, 9.17) is 14.3 Å². The van der Waals surface area contributed by atoms with Gasteiger partial charge in [-0.15, -0.1) is 0 Å². The zero-order valence-electron chi connectivity index (χ0n) is 11.1. The van der Waals surface area contributed by atoms with Crippen molar-refractivity contribution < 1.29 is 22.7 Å². The number of aliphatic hydroxyl groups excluding tert-OH is 1.